The molecule has 10 nitrogen and oxygen atoms in total. The van der Waals surface area contributed by atoms with Gasteiger partial charge in [-0.05, 0) is 69.0 Å². The molecule has 3 fully saturated rings. The van der Waals surface area contributed by atoms with Gasteiger partial charge < -0.3 is 25.4 Å². The molecule has 0 unspecified atom stereocenters. The number of piperazine rings is 1. The Bertz CT molecular complexity index is 1670. The Morgan fingerprint density at radius 2 is 1.63 bits per heavy atom. The third-order valence-corrected chi connectivity index (χ3v) is 10.5. The highest BCUT2D eigenvalue weighted by Gasteiger charge is 2.34. The second kappa shape index (κ2) is 13.9. The van der Waals surface area contributed by atoms with E-state index in [2.05, 4.69) is 27.8 Å². The average Bonchev–Trinajstić information content (AvgIpc) is 3.41. The van der Waals surface area contributed by atoms with Gasteiger partial charge in [0, 0.05) is 76.4 Å². The highest BCUT2D eigenvalue weighted by atomic mass is 35.5. The lowest BCUT2D eigenvalue weighted by atomic mass is 9.91. The molecule has 2 amide bonds. The summed E-state index contributed by atoms with van der Waals surface area (Å²) in [6.45, 7) is 6.70. The van der Waals surface area contributed by atoms with Crippen molar-refractivity contribution >= 4 is 40.1 Å². The van der Waals surface area contributed by atoms with Gasteiger partial charge in [-0.25, -0.2) is 4.79 Å². The topological polar surface area (TPSA) is 111 Å². The minimum Gasteiger partial charge on any atom is -0.397 e. The summed E-state index contributed by atoms with van der Waals surface area (Å²) in [6, 6.07) is 11.7. The number of terminal acetylenes is 1. The number of H-pyrrole nitrogens is 1. The minimum atomic E-state index is -0.549. The standard InChI is InChI=1S/C35H44ClN7O3/c1-3-25-20-24(22-29(36)33(25)37)21-26(34(45)42-14-8-27(9-15-42)40-18-16-39(2)17-19-40)23-32(44)41-12-10-28(11-13-41)43-31-7-5-4-6-30(31)38-35(43)46/h1,4-7,20,22,26-28H,8-19,21,23,37H2,2H3,(H,38,46)/t26-/m0/s1. The Hall–Kier alpha value is -3.78. The number of nitrogen functional groups attached to an aromatic ring is 1. The fourth-order valence-corrected chi connectivity index (χ4v) is 7.73. The van der Waals surface area contributed by atoms with Gasteiger partial charge in [0.1, 0.15) is 0 Å². The Kier molecular flexibility index (Phi) is 9.73. The number of aromatic nitrogens is 2. The molecule has 0 bridgehead atoms. The molecular weight excluding hydrogens is 602 g/mol. The summed E-state index contributed by atoms with van der Waals surface area (Å²) in [4.78, 5) is 52.3. The lowest BCUT2D eigenvalue weighted by Crippen LogP contribution is -2.53. The first-order chi connectivity index (χ1) is 22.2. The zero-order chi connectivity index (χ0) is 32.4. The molecule has 0 aliphatic carbocycles. The highest BCUT2D eigenvalue weighted by Crippen LogP contribution is 2.30. The number of carbonyl (C=O) groups excluding carboxylic acids is 2. The number of para-hydroxylation sites is 2. The molecule has 4 heterocycles. The van der Waals surface area contributed by atoms with Crippen molar-refractivity contribution in [1.29, 1.82) is 0 Å². The maximum absolute atomic E-state index is 14.1. The zero-order valence-corrected chi connectivity index (χ0v) is 27.3. The van der Waals surface area contributed by atoms with Gasteiger partial charge in [0.25, 0.3) is 0 Å². The molecule has 244 valence electrons. The predicted octanol–water partition coefficient (Wildman–Crippen LogP) is 3.20. The fourth-order valence-electron chi connectivity index (χ4n) is 7.49. The van der Waals surface area contributed by atoms with E-state index in [9.17, 15) is 14.4 Å². The number of benzene rings is 2. The number of rotatable bonds is 7. The number of imidazole rings is 1. The van der Waals surface area contributed by atoms with E-state index in [-0.39, 0.29) is 30.0 Å². The second-order valence-corrected chi connectivity index (χ2v) is 13.5. The van der Waals surface area contributed by atoms with E-state index in [0.717, 1.165) is 55.6 Å². The smallest absolute Gasteiger partial charge is 0.326 e. The molecule has 2 aromatic carbocycles. The van der Waals surface area contributed by atoms with E-state index in [1.54, 1.807) is 12.1 Å². The summed E-state index contributed by atoms with van der Waals surface area (Å²) >= 11 is 6.41. The van der Waals surface area contributed by atoms with Gasteiger partial charge in [-0.3, -0.25) is 19.1 Å². The molecular formula is C35H44ClN7O3. The molecule has 3 N–H and O–H groups in total. The number of hydrogen-bond donors (Lipinski definition) is 2. The van der Waals surface area contributed by atoms with Crippen LogP contribution in [0.4, 0.5) is 5.69 Å². The number of nitrogens with zero attached hydrogens (tertiary/aromatic N) is 5. The number of carbonyl (C=O) groups is 2. The second-order valence-electron chi connectivity index (χ2n) is 13.1. The quantitative estimate of drug-likeness (QED) is 0.302. The maximum atomic E-state index is 14.1. The number of hydrogen-bond acceptors (Lipinski definition) is 6. The number of nitrogens with one attached hydrogen (secondary N) is 1. The van der Waals surface area contributed by atoms with Gasteiger partial charge in [-0.2, -0.15) is 0 Å². The summed E-state index contributed by atoms with van der Waals surface area (Å²) in [5.74, 6) is 1.99. The van der Waals surface area contributed by atoms with Crippen molar-refractivity contribution in [1.82, 2.24) is 29.2 Å². The van der Waals surface area contributed by atoms with Gasteiger partial charge in [0.2, 0.25) is 11.8 Å². The number of piperidine rings is 2. The van der Waals surface area contributed by atoms with Crippen LogP contribution in [0.2, 0.25) is 5.02 Å². The van der Waals surface area contributed by atoms with Gasteiger partial charge in [-0.1, -0.05) is 29.7 Å². The SMILES string of the molecule is C#Cc1cc(C[C@@H](CC(=O)N2CCC(n3c(=O)[nH]c4ccccc43)CC2)C(=O)N2CCC(N3CCN(C)CC3)CC2)cc(Cl)c1N. The van der Waals surface area contributed by atoms with Crippen LogP contribution in [0.15, 0.2) is 41.2 Å². The number of anilines is 1. The van der Waals surface area contributed by atoms with Crippen molar-refractivity contribution < 1.29 is 9.59 Å². The number of amides is 2. The van der Waals surface area contributed by atoms with Crippen molar-refractivity contribution in [2.45, 2.75) is 50.6 Å². The number of aromatic amines is 1. The van der Waals surface area contributed by atoms with Crippen LogP contribution in [0.3, 0.4) is 0 Å². The molecule has 0 saturated carbocycles. The largest absolute Gasteiger partial charge is 0.397 e. The van der Waals surface area contributed by atoms with Crippen LogP contribution in [0, 0.1) is 18.3 Å². The van der Waals surface area contributed by atoms with E-state index in [0.29, 0.717) is 67.8 Å². The molecule has 46 heavy (non-hydrogen) atoms. The summed E-state index contributed by atoms with van der Waals surface area (Å²) in [5.41, 5.74) is 9.28. The minimum absolute atomic E-state index is 0.000568. The number of nitrogens with two attached hydrogens (primary N) is 1. The number of halogens is 1. The molecule has 6 rings (SSSR count). The van der Waals surface area contributed by atoms with Crippen LogP contribution in [0.1, 0.15) is 49.3 Å². The molecule has 3 saturated heterocycles. The first-order valence-corrected chi connectivity index (χ1v) is 16.8. The Morgan fingerprint density at radius 3 is 2.33 bits per heavy atom. The van der Waals surface area contributed by atoms with Gasteiger partial charge in [0.15, 0.2) is 0 Å². The molecule has 0 radical (unpaired) electrons. The van der Waals surface area contributed by atoms with Gasteiger partial charge in [-0.15, -0.1) is 6.42 Å². The van der Waals surface area contributed by atoms with Crippen LogP contribution in [0.5, 0.6) is 0 Å². The molecule has 0 spiro atoms. The van der Waals surface area contributed by atoms with Crippen LogP contribution in [-0.2, 0) is 16.0 Å². The maximum Gasteiger partial charge on any atom is 0.326 e. The summed E-state index contributed by atoms with van der Waals surface area (Å²) in [5, 5.41) is 0.352. The lowest BCUT2D eigenvalue weighted by Gasteiger charge is -2.42. The van der Waals surface area contributed by atoms with E-state index >= 15 is 0 Å². The van der Waals surface area contributed by atoms with E-state index in [4.69, 9.17) is 23.8 Å². The summed E-state index contributed by atoms with van der Waals surface area (Å²) in [6.07, 6.45) is 9.35. The van der Waals surface area contributed by atoms with E-state index in [1.807, 2.05) is 38.6 Å². The highest BCUT2D eigenvalue weighted by molar-refractivity contribution is 6.33. The van der Waals surface area contributed by atoms with E-state index < -0.39 is 5.92 Å². The molecule has 1 aromatic heterocycles. The zero-order valence-electron chi connectivity index (χ0n) is 26.6. The van der Waals surface area contributed by atoms with E-state index in [1.165, 1.54) is 0 Å². The molecule has 3 aromatic rings. The monoisotopic (exact) mass is 645 g/mol. The summed E-state index contributed by atoms with van der Waals surface area (Å²) < 4.78 is 1.82. The third kappa shape index (κ3) is 6.82. The Morgan fingerprint density at radius 1 is 0.978 bits per heavy atom. The van der Waals surface area contributed by atoms with Crippen LogP contribution in [-0.4, -0.2) is 106 Å². The first-order valence-electron chi connectivity index (χ1n) is 16.4. The average molecular weight is 646 g/mol. The fraction of sp³-hybridized carbons (Fsp3) is 0.514. The Balaban J connectivity index is 1.14. The molecule has 11 heteroatoms. The van der Waals surface area contributed by atoms with Crippen molar-refractivity contribution in [2.24, 2.45) is 5.92 Å². The molecule has 1 atom stereocenters. The number of fused-ring (bicyclic) bond motifs is 1. The molecule has 3 aliphatic heterocycles. The van der Waals surface area contributed by atoms with Crippen molar-refractivity contribution in [3.8, 4) is 12.3 Å². The number of likely N-dealkylation sites (tertiary alicyclic amines) is 2. The van der Waals surface area contributed by atoms with Gasteiger partial charge in [0.05, 0.1) is 27.7 Å². The lowest BCUT2D eigenvalue weighted by molar-refractivity contribution is -0.143. The number of likely N-dealkylation sites (N-methyl/N-ethyl adjacent to an activating group) is 1. The predicted molar refractivity (Wildman–Crippen MR) is 182 cm³/mol. The normalized spacial score (nSPS) is 19.8. The van der Waals surface area contributed by atoms with Crippen LogP contribution in [0.25, 0.3) is 11.0 Å². The van der Waals surface area contributed by atoms with Crippen molar-refractivity contribution in [3.05, 3.63) is 63.0 Å². The third-order valence-electron chi connectivity index (χ3n) is 10.2. The van der Waals surface area contributed by atoms with Crippen LogP contribution >= 0.6 is 11.6 Å². The van der Waals surface area contributed by atoms with Crippen molar-refractivity contribution in [3.63, 3.8) is 0 Å². The molecule has 3 aliphatic rings. The van der Waals surface area contributed by atoms with Gasteiger partial charge >= 0.3 is 5.69 Å². The van der Waals surface area contributed by atoms with Crippen molar-refractivity contribution in [2.75, 3.05) is 65.1 Å². The first kappa shape index (κ1) is 32.2. The van der Waals surface area contributed by atoms with Crippen LogP contribution < -0.4 is 11.4 Å². The Labute approximate surface area is 275 Å². The summed E-state index contributed by atoms with van der Waals surface area (Å²) in [7, 11) is 2.16.